The monoisotopic (exact) mass is 281 g/mol. The van der Waals surface area contributed by atoms with Gasteiger partial charge in [0.15, 0.2) is 0 Å². The molecular weight excluding hydrogens is 270 g/mol. The van der Waals surface area contributed by atoms with Crippen molar-refractivity contribution in [2.75, 3.05) is 0 Å². The number of hydrogen-bond donors (Lipinski definition) is 2. The second kappa shape index (κ2) is 3.90. The number of carbonyl (C=O) groups excluding carboxylic acids is 1. The molecule has 3 N–H and O–H groups in total. The lowest BCUT2D eigenvalue weighted by molar-refractivity contribution is 0.247. The maximum atomic E-state index is 11.1. The minimum absolute atomic E-state index is 0.348. The molecule has 0 aliphatic carbocycles. The Bertz CT molecular complexity index is 455. The summed E-state index contributed by atoms with van der Waals surface area (Å²) in [6.45, 7) is 1.87. The number of carbonyl (C=O) groups is 1. The molecule has 0 radical (unpaired) electrons. The summed E-state index contributed by atoms with van der Waals surface area (Å²) >= 11 is 3.37. The molecule has 1 aliphatic rings. The van der Waals surface area contributed by atoms with Crippen molar-refractivity contribution >= 4 is 27.8 Å². The Hall–Kier alpha value is -1.36. The predicted octanol–water partition coefficient (Wildman–Crippen LogP) is 1.83. The van der Waals surface area contributed by atoms with Crippen LogP contribution in [0.3, 0.4) is 0 Å². The molecule has 0 bridgehead atoms. The van der Waals surface area contributed by atoms with Gasteiger partial charge < -0.3 is 11.1 Å². The van der Waals surface area contributed by atoms with Gasteiger partial charge in [0.05, 0.1) is 0 Å². The van der Waals surface area contributed by atoms with Crippen LogP contribution in [-0.4, -0.2) is 17.4 Å². The smallest absolute Gasteiger partial charge is 0.343 e. The zero-order valence-corrected chi connectivity index (χ0v) is 10.4. The van der Waals surface area contributed by atoms with Crippen molar-refractivity contribution in [2.24, 2.45) is 10.7 Å². The summed E-state index contributed by atoms with van der Waals surface area (Å²) in [5, 5.41) is 2.76. The van der Waals surface area contributed by atoms with Gasteiger partial charge in [-0.05, 0) is 24.6 Å². The molecule has 1 unspecified atom stereocenters. The van der Waals surface area contributed by atoms with Crippen molar-refractivity contribution in [1.82, 2.24) is 5.32 Å². The van der Waals surface area contributed by atoms with Crippen molar-refractivity contribution in [2.45, 2.75) is 18.9 Å². The molecule has 0 fully saturated rings. The molecular formula is C11H12BrN3O. The molecule has 16 heavy (non-hydrogen) atoms. The normalized spacial score (nSPS) is 24.1. The number of urea groups is 1. The second-order valence-electron chi connectivity index (χ2n) is 4.06. The van der Waals surface area contributed by atoms with Crippen LogP contribution in [0.2, 0.25) is 0 Å². The average molecular weight is 282 g/mol. The van der Waals surface area contributed by atoms with Crippen LogP contribution >= 0.6 is 15.9 Å². The van der Waals surface area contributed by atoms with Crippen LogP contribution in [0.15, 0.2) is 33.7 Å². The minimum atomic E-state index is -0.565. The molecule has 1 aromatic carbocycles. The number of hydrogen-bond acceptors (Lipinski definition) is 2. The average Bonchev–Trinajstić information content (AvgIpc) is 2.44. The van der Waals surface area contributed by atoms with Gasteiger partial charge in [-0.25, -0.2) is 4.79 Å². The molecule has 2 rings (SSSR count). The predicted molar refractivity (Wildman–Crippen MR) is 66.4 cm³/mol. The van der Waals surface area contributed by atoms with Crippen LogP contribution in [0.5, 0.6) is 0 Å². The Kier molecular flexibility index (Phi) is 2.71. The summed E-state index contributed by atoms with van der Waals surface area (Å²) < 4.78 is 1.03. The van der Waals surface area contributed by atoms with E-state index in [0.29, 0.717) is 12.3 Å². The second-order valence-corrected chi connectivity index (χ2v) is 4.98. The maximum Gasteiger partial charge on any atom is 0.343 e. The Morgan fingerprint density at radius 2 is 2.06 bits per heavy atom. The number of nitrogens with zero attached hydrogens (tertiary/aromatic N) is 1. The Balaban J connectivity index is 2.19. The highest BCUT2D eigenvalue weighted by Crippen LogP contribution is 2.19. The number of amides is 2. The fourth-order valence-corrected chi connectivity index (χ4v) is 1.97. The SMILES string of the molecule is CC1(Cc2ccc(Br)cc2)NC(=O)N=C1N. The summed E-state index contributed by atoms with van der Waals surface area (Å²) in [5.41, 5.74) is 6.28. The van der Waals surface area contributed by atoms with Crippen LogP contribution in [0, 0.1) is 0 Å². The van der Waals surface area contributed by atoms with Crippen molar-refractivity contribution < 1.29 is 4.79 Å². The molecule has 2 amide bonds. The highest BCUT2D eigenvalue weighted by Gasteiger charge is 2.36. The van der Waals surface area contributed by atoms with Gasteiger partial charge in [-0.2, -0.15) is 4.99 Å². The van der Waals surface area contributed by atoms with Crippen molar-refractivity contribution in [3.63, 3.8) is 0 Å². The lowest BCUT2D eigenvalue weighted by Crippen LogP contribution is -2.50. The summed E-state index contributed by atoms with van der Waals surface area (Å²) in [6.07, 6.45) is 0.640. The van der Waals surface area contributed by atoms with E-state index in [1.165, 1.54) is 0 Å². The summed E-state index contributed by atoms with van der Waals surface area (Å²) in [6, 6.07) is 7.54. The first kappa shape index (κ1) is 11.1. The summed E-state index contributed by atoms with van der Waals surface area (Å²) in [4.78, 5) is 14.8. The number of amidine groups is 1. The Labute approximate surface area is 102 Å². The minimum Gasteiger partial charge on any atom is -0.385 e. The standard InChI is InChI=1S/C11H12BrN3O/c1-11(9(13)14-10(16)15-11)6-7-2-4-8(12)5-3-7/h2-5H,6H2,1H3,(H3,13,14,15,16). The van der Waals surface area contributed by atoms with Gasteiger partial charge in [0.25, 0.3) is 0 Å². The fourth-order valence-electron chi connectivity index (χ4n) is 1.71. The number of benzene rings is 1. The molecule has 4 nitrogen and oxygen atoms in total. The highest BCUT2D eigenvalue weighted by atomic mass is 79.9. The first-order valence-corrected chi connectivity index (χ1v) is 5.70. The van der Waals surface area contributed by atoms with E-state index in [4.69, 9.17) is 5.73 Å². The molecule has 1 atom stereocenters. The molecule has 0 spiro atoms. The van der Waals surface area contributed by atoms with Gasteiger partial charge >= 0.3 is 6.03 Å². The van der Waals surface area contributed by atoms with Crippen molar-refractivity contribution in [3.05, 3.63) is 34.3 Å². The maximum absolute atomic E-state index is 11.1. The van der Waals surface area contributed by atoms with Crippen LogP contribution in [0.1, 0.15) is 12.5 Å². The first-order valence-electron chi connectivity index (χ1n) is 4.91. The van der Waals surface area contributed by atoms with E-state index in [9.17, 15) is 4.79 Å². The number of rotatable bonds is 2. The van der Waals surface area contributed by atoms with Crippen LogP contribution in [0.4, 0.5) is 4.79 Å². The molecule has 84 valence electrons. The van der Waals surface area contributed by atoms with Gasteiger partial charge in [0.2, 0.25) is 0 Å². The van der Waals surface area contributed by atoms with Gasteiger partial charge in [-0.3, -0.25) is 0 Å². The summed E-state index contributed by atoms with van der Waals surface area (Å²) in [7, 11) is 0. The van der Waals surface area contributed by atoms with E-state index in [-0.39, 0.29) is 6.03 Å². The molecule has 0 saturated heterocycles. The topological polar surface area (TPSA) is 67.5 Å². The molecule has 0 saturated carbocycles. The lowest BCUT2D eigenvalue weighted by atomic mass is 9.92. The fraction of sp³-hybridized carbons (Fsp3) is 0.273. The zero-order chi connectivity index (χ0) is 11.8. The first-order chi connectivity index (χ1) is 7.49. The van der Waals surface area contributed by atoms with E-state index in [1.54, 1.807) is 0 Å². The Morgan fingerprint density at radius 1 is 1.44 bits per heavy atom. The number of nitrogens with two attached hydrogens (primary N) is 1. The number of halogens is 1. The van der Waals surface area contributed by atoms with E-state index in [0.717, 1.165) is 10.0 Å². The van der Waals surface area contributed by atoms with Gasteiger partial charge in [0, 0.05) is 10.9 Å². The van der Waals surface area contributed by atoms with E-state index < -0.39 is 5.54 Å². The molecule has 1 aliphatic heterocycles. The third-order valence-electron chi connectivity index (χ3n) is 2.64. The third-order valence-corrected chi connectivity index (χ3v) is 3.17. The molecule has 5 heteroatoms. The van der Waals surface area contributed by atoms with Gasteiger partial charge in [-0.1, -0.05) is 28.1 Å². The largest absolute Gasteiger partial charge is 0.385 e. The van der Waals surface area contributed by atoms with E-state index >= 15 is 0 Å². The van der Waals surface area contributed by atoms with Crippen molar-refractivity contribution in [1.29, 1.82) is 0 Å². The molecule has 1 heterocycles. The molecule has 0 aromatic heterocycles. The highest BCUT2D eigenvalue weighted by molar-refractivity contribution is 9.10. The van der Waals surface area contributed by atoms with E-state index in [2.05, 4.69) is 26.2 Å². The Morgan fingerprint density at radius 3 is 2.56 bits per heavy atom. The van der Waals surface area contributed by atoms with Crippen LogP contribution < -0.4 is 11.1 Å². The lowest BCUT2D eigenvalue weighted by Gasteiger charge is -2.23. The quantitative estimate of drug-likeness (QED) is 0.869. The molecule has 1 aromatic rings. The number of aliphatic imine (C=N–C) groups is 1. The zero-order valence-electron chi connectivity index (χ0n) is 8.83. The van der Waals surface area contributed by atoms with Crippen LogP contribution in [0.25, 0.3) is 0 Å². The summed E-state index contributed by atoms with van der Waals surface area (Å²) in [5.74, 6) is 0.348. The van der Waals surface area contributed by atoms with Gasteiger partial charge in [0.1, 0.15) is 11.4 Å². The van der Waals surface area contributed by atoms with Crippen molar-refractivity contribution in [3.8, 4) is 0 Å². The van der Waals surface area contributed by atoms with E-state index in [1.807, 2.05) is 31.2 Å². The van der Waals surface area contributed by atoms with Crippen LogP contribution in [-0.2, 0) is 6.42 Å². The third kappa shape index (κ3) is 2.09. The number of nitrogens with one attached hydrogen (secondary N) is 1. The van der Waals surface area contributed by atoms with Gasteiger partial charge in [-0.15, -0.1) is 0 Å².